The van der Waals surface area contributed by atoms with Crippen LogP contribution in [0.4, 0.5) is 5.69 Å². The van der Waals surface area contributed by atoms with Gasteiger partial charge in [-0.15, -0.1) is 0 Å². The Labute approximate surface area is 265 Å². The van der Waals surface area contributed by atoms with Gasteiger partial charge in [0.25, 0.3) is 5.91 Å². The molecule has 3 N–H and O–H groups in total. The predicted molar refractivity (Wildman–Crippen MR) is 179 cm³/mol. The van der Waals surface area contributed by atoms with Crippen LogP contribution < -0.4 is 20.9 Å². The molecule has 8 nitrogen and oxygen atoms in total. The molecule has 3 heterocycles. The Balaban J connectivity index is 1.38. The van der Waals surface area contributed by atoms with E-state index in [-0.39, 0.29) is 35.1 Å². The molecule has 8 heteroatoms. The number of hydrogen-bond donors (Lipinski definition) is 3. The summed E-state index contributed by atoms with van der Waals surface area (Å²) in [6.07, 6.45) is 18.6. The lowest BCUT2D eigenvalue weighted by Crippen LogP contribution is -2.61. The first kappa shape index (κ1) is 32.5. The van der Waals surface area contributed by atoms with Gasteiger partial charge in [-0.1, -0.05) is 58.3 Å². The van der Waals surface area contributed by atoms with Gasteiger partial charge in [-0.05, 0) is 87.2 Å². The Kier molecular flexibility index (Phi) is 10.7. The van der Waals surface area contributed by atoms with Gasteiger partial charge >= 0.3 is 0 Å². The molecular formula is C36H56N6O2. The van der Waals surface area contributed by atoms with Crippen LogP contribution >= 0.6 is 0 Å². The van der Waals surface area contributed by atoms with Crippen molar-refractivity contribution in [1.82, 2.24) is 25.7 Å². The van der Waals surface area contributed by atoms with E-state index in [1.165, 1.54) is 51.4 Å². The third-order valence-corrected chi connectivity index (χ3v) is 11.5. The first-order chi connectivity index (χ1) is 21.2. The fraction of sp³-hybridized carbons (Fsp3) is 0.694. The number of aromatic nitrogens is 2. The second-order valence-electron chi connectivity index (χ2n) is 14.1. The van der Waals surface area contributed by atoms with Crippen molar-refractivity contribution in [3.05, 3.63) is 35.7 Å². The van der Waals surface area contributed by atoms with E-state index in [4.69, 9.17) is 0 Å². The van der Waals surface area contributed by atoms with Crippen molar-refractivity contribution in [1.29, 1.82) is 0 Å². The summed E-state index contributed by atoms with van der Waals surface area (Å²) in [6, 6.07) is 4.78. The Hall–Kier alpha value is -2.87. The zero-order chi connectivity index (χ0) is 31.3. The van der Waals surface area contributed by atoms with Gasteiger partial charge in [-0.25, -0.2) is 0 Å². The number of amides is 2. The maximum Gasteiger partial charge on any atom is 0.251 e. The predicted octanol–water partition coefficient (Wildman–Crippen LogP) is 5.99. The number of anilines is 1. The molecular weight excluding hydrogens is 548 g/mol. The van der Waals surface area contributed by atoms with Crippen molar-refractivity contribution in [3.63, 3.8) is 0 Å². The van der Waals surface area contributed by atoms with Crippen molar-refractivity contribution in [2.24, 2.45) is 24.3 Å². The number of piperidine rings is 2. The molecule has 3 atom stereocenters. The SMILES string of the molecule is Cc1c(C(=O)NCC2C(=O)NC(C)C3(CCCCCCCCCC3)C2C)cc(-c2cnn(C)c2)cc1N(C)C1CCNCC1. The van der Waals surface area contributed by atoms with Crippen LogP contribution in [0.15, 0.2) is 24.5 Å². The molecule has 1 spiro atoms. The lowest BCUT2D eigenvalue weighted by molar-refractivity contribution is -0.137. The summed E-state index contributed by atoms with van der Waals surface area (Å²) in [5.41, 5.74) is 4.78. The fourth-order valence-electron chi connectivity index (χ4n) is 8.46. The molecule has 0 bridgehead atoms. The van der Waals surface area contributed by atoms with Crippen LogP contribution in [-0.2, 0) is 11.8 Å². The Bertz CT molecular complexity index is 1270. The molecule has 2 aromatic rings. The summed E-state index contributed by atoms with van der Waals surface area (Å²) in [4.78, 5) is 29.8. The van der Waals surface area contributed by atoms with Crippen molar-refractivity contribution >= 4 is 17.5 Å². The van der Waals surface area contributed by atoms with Crippen molar-refractivity contribution in [3.8, 4) is 11.1 Å². The standard InChI is InChI=1S/C36H56N6O2/c1-25-31(20-28(29-22-39-41(4)24-29)21-33(25)42(5)30-14-18-37-19-15-30)34(43)38-23-32-26(2)36(27(3)40-35(32)44)16-12-10-8-6-7-9-11-13-17-36/h20-22,24,26-27,30,32,37H,6-19,23H2,1-5H3,(H,38,43)(H,40,44). The zero-order valence-electron chi connectivity index (χ0n) is 27.9. The highest BCUT2D eigenvalue weighted by atomic mass is 16.2. The molecule has 3 aliphatic rings. The summed E-state index contributed by atoms with van der Waals surface area (Å²) >= 11 is 0. The number of carbonyl (C=O) groups excluding carboxylic acids is 2. The number of hydrogen-bond acceptors (Lipinski definition) is 5. The number of rotatable bonds is 6. The average Bonchev–Trinajstić information content (AvgIpc) is 3.43. The smallest absolute Gasteiger partial charge is 0.251 e. The maximum atomic E-state index is 14.0. The summed E-state index contributed by atoms with van der Waals surface area (Å²) in [5, 5.41) is 14.5. The molecule has 1 aromatic carbocycles. The van der Waals surface area contributed by atoms with Crippen LogP contribution in [-0.4, -0.2) is 60.4 Å². The molecule has 1 saturated carbocycles. The number of aryl methyl sites for hydroxylation is 1. The quantitative estimate of drug-likeness (QED) is 0.377. The molecule has 1 aromatic heterocycles. The Morgan fingerprint density at radius 2 is 1.66 bits per heavy atom. The minimum absolute atomic E-state index is 0.0779. The van der Waals surface area contributed by atoms with Gasteiger partial charge in [-0.2, -0.15) is 5.10 Å². The molecule has 242 valence electrons. The van der Waals surface area contributed by atoms with Gasteiger partial charge in [0.15, 0.2) is 0 Å². The van der Waals surface area contributed by atoms with E-state index in [1.54, 1.807) is 4.68 Å². The summed E-state index contributed by atoms with van der Waals surface area (Å²) in [7, 11) is 4.07. The molecule has 44 heavy (non-hydrogen) atoms. The van der Waals surface area contributed by atoms with Crippen LogP contribution in [0.2, 0.25) is 0 Å². The Morgan fingerprint density at radius 3 is 2.27 bits per heavy atom. The van der Waals surface area contributed by atoms with E-state index in [1.807, 2.05) is 25.5 Å². The Morgan fingerprint density at radius 1 is 1.02 bits per heavy atom. The molecule has 2 aliphatic heterocycles. The summed E-state index contributed by atoms with van der Waals surface area (Å²) < 4.78 is 1.80. The summed E-state index contributed by atoms with van der Waals surface area (Å²) in [6.45, 7) is 8.93. The summed E-state index contributed by atoms with van der Waals surface area (Å²) in [5.74, 6) is -0.0589. The fourth-order valence-corrected chi connectivity index (χ4v) is 8.46. The van der Waals surface area contributed by atoms with Crippen LogP contribution in [0.5, 0.6) is 0 Å². The number of benzene rings is 1. The van der Waals surface area contributed by atoms with E-state index < -0.39 is 0 Å². The number of nitrogens with one attached hydrogen (secondary N) is 3. The van der Waals surface area contributed by atoms with Gasteiger partial charge in [-0.3, -0.25) is 14.3 Å². The third kappa shape index (κ3) is 7.00. The number of carbonyl (C=O) groups is 2. The maximum absolute atomic E-state index is 14.0. The van der Waals surface area contributed by atoms with Crippen molar-refractivity contribution in [2.45, 2.75) is 110 Å². The lowest BCUT2D eigenvalue weighted by Gasteiger charge is -2.51. The molecule has 5 rings (SSSR count). The second-order valence-corrected chi connectivity index (χ2v) is 14.1. The van der Waals surface area contributed by atoms with Crippen molar-refractivity contribution in [2.75, 3.05) is 31.6 Å². The largest absolute Gasteiger partial charge is 0.371 e. The van der Waals surface area contributed by atoms with E-state index in [0.717, 1.165) is 61.2 Å². The minimum Gasteiger partial charge on any atom is -0.371 e. The van der Waals surface area contributed by atoms with E-state index in [0.29, 0.717) is 18.2 Å². The molecule has 1 aliphatic carbocycles. The molecule has 2 amide bonds. The van der Waals surface area contributed by atoms with E-state index in [9.17, 15) is 9.59 Å². The van der Waals surface area contributed by atoms with E-state index >= 15 is 0 Å². The van der Waals surface area contributed by atoms with Crippen LogP contribution in [0.1, 0.15) is 107 Å². The topological polar surface area (TPSA) is 91.3 Å². The highest BCUT2D eigenvalue weighted by Gasteiger charge is 2.50. The number of nitrogens with zero attached hydrogens (tertiary/aromatic N) is 3. The van der Waals surface area contributed by atoms with Crippen molar-refractivity contribution < 1.29 is 9.59 Å². The second kappa shape index (κ2) is 14.5. The first-order valence-corrected chi connectivity index (χ1v) is 17.4. The van der Waals surface area contributed by atoms with Crippen LogP contribution in [0.25, 0.3) is 11.1 Å². The van der Waals surface area contributed by atoms with Gasteiger partial charge in [0, 0.05) is 55.7 Å². The monoisotopic (exact) mass is 604 g/mol. The highest BCUT2D eigenvalue weighted by Crippen LogP contribution is 2.48. The third-order valence-electron chi connectivity index (χ3n) is 11.5. The zero-order valence-corrected chi connectivity index (χ0v) is 27.9. The van der Waals surface area contributed by atoms with Gasteiger partial charge < -0.3 is 20.9 Å². The molecule has 3 fully saturated rings. The van der Waals surface area contributed by atoms with Gasteiger partial charge in [0.2, 0.25) is 5.91 Å². The minimum atomic E-state index is -0.237. The average molecular weight is 605 g/mol. The first-order valence-electron chi connectivity index (χ1n) is 17.4. The van der Waals surface area contributed by atoms with Gasteiger partial charge in [0.05, 0.1) is 12.1 Å². The van der Waals surface area contributed by atoms with Crippen LogP contribution in [0, 0.1) is 24.2 Å². The molecule has 0 radical (unpaired) electrons. The highest BCUT2D eigenvalue weighted by molar-refractivity contribution is 5.99. The molecule has 2 saturated heterocycles. The normalized spacial score (nSPS) is 25.2. The lowest BCUT2D eigenvalue weighted by atomic mass is 9.59. The molecule has 3 unspecified atom stereocenters. The van der Waals surface area contributed by atoms with Gasteiger partial charge in [0.1, 0.15) is 0 Å². The van der Waals surface area contributed by atoms with E-state index in [2.05, 4.69) is 59.8 Å². The van der Waals surface area contributed by atoms with Crippen LogP contribution in [0.3, 0.4) is 0 Å².